The summed E-state index contributed by atoms with van der Waals surface area (Å²) >= 11 is 12.0. The number of nitrogens with one attached hydrogen (secondary N) is 2. The van der Waals surface area contributed by atoms with Crippen molar-refractivity contribution in [3.8, 4) is 0 Å². The average Bonchev–Trinajstić information content (AvgIpc) is 2.74. The number of anilines is 2. The van der Waals surface area contributed by atoms with E-state index in [0.29, 0.717) is 28.4 Å². The zero-order valence-electron chi connectivity index (χ0n) is 17.6. The van der Waals surface area contributed by atoms with Gasteiger partial charge in [-0.3, -0.25) is 14.5 Å². The summed E-state index contributed by atoms with van der Waals surface area (Å²) in [4.78, 5) is 29.6. The van der Waals surface area contributed by atoms with Gasteiger partial charge in [-0.15, -0.1) is 0 Å². The second kappa shape index (κ2) is 10.8. The van der Waals surface area contributed by atoms with Crippen LogP contribution in [0.4, 0.5) is 11.4 Å². The average molecular weight is 465 g/mol. The second-order valence-electron chi connectivity index (χ2n) is 7.41. The molecule has 2 N–H and O–H groups in total. The predicted octanol–water partition coefficient (Wildman–Crippen LogP) is 3.37. The van der Waals surface area contributed by atoms with Gasteiger partial charge in [0, 0.05) is 56.7 Å². The third kappa shape index (κ3) is 6.33. The first-order valence-electron chi connectivity index (χ1n) is 10.0. The van der Waals surface area contributed by atoms with Crippen LogP contribution in [0.3, 0.4) is 0 Å². The third-order valence-electron chi connectivity index (χ3n) is 4.97. The molecule has 2 aromatic carbocycles. The summed E-state index contributed by atoms with van der Waals surface area (Å²) in [6.45, 7) is 4.47. The van der Waals surface area contributed by atoms with E-state index >= 15 is 0 Å². The Balaban J connectivity index is 1.70. The molecule has 31 heavy (non-hydrogen) atoms. The van der Waals surface area contributed by atoms with Crippen LogP contribution in [-0.4, -0.2) is 70.2 Å². The minimum absolute atomic E-state index is 0.197. The molecule has 0 aliphatic carbocycles. The van der Waals surface area contributed by atoms with Crippen LogP contribution in [0.15, 0.2) is 36.4 Å². The molecule has 3 rings (SSSR count). The van der Waals surface area contributed by atoms with E-state index < -0.39 is 0 Å². The number of rotatable bonds is 7. The Morgan fingerprint density at radius 2 is 1.77 bits per heavy atom. The van der Waals surface area contributed by atoms with E-state index in [4.69, 9.17) is 27.9 Å². The van der Waals surface area contributed by atoms with Gasteiger partial charge in [-0.1, -0.05) is 23.2 Å². The Bertz CT molecular complexity index is 946. The number of carbonyl (C=O) groups excluding carboxylic acids is 2. The molecule has 9 heteroatoms. The molecule has 0 atom stereocenters. The normalized spacial score (nSPS) is 14.2. The van der Waals surface area contributed by atoms with Crippen molar-refractivity contribution in [1.82, 2.24) is 10.2 Å². The quantitative estimate of drug-likeness (QED) is 0.656. The van der Waals surface area contributed by atoms with Crippen LogP contribution in [-0.2, 0) is 4.74 Å². The Morgan fingerprint density at radius 1 is 1.03 bits per heavy atom. The van der Waals surface area contributed by atoms with E-state index in [-0.39, 0.29) is 16.8 Å². The summed E-state index contributed by atoms with van der Waals surface area (Å²) in [5.74, 6) is -0.574. The molecule has 1 aliphatic heterocycles. The van der Waals surface area contributed by atoms with E-state index in [1.807, 2.05) is 19.0 Å². The van der Waals surface area contributed by atoms with Gasteiger partial charge in [-0.05, 0) is 36.4 Å². The Morgan fingerprint density at radius 3 is 2.45 bits per heavy atom. The molecule has 1 aliphatic rings. The van der Waals surface area contributed by atoms with Crippen molar-refractivity contribution in [2.75, 3.05) is 63.7 Å². The van der Waals surface area contributed by atoms with Crippen molar-refractivity contribution < 1.29 is 14.3 Å². The highest BCUT2D eigenvalue weighted by molar-refractivity contribution is 6.37. The van der Waals surface area contributed by atoms with Gasteiger partial charge in [0.2, 0.25) is 0 Å². The lowest BCUT2D eigenvalue weighted by Gasteiger charge is -2.26. The van der Waals surface area contributed by atoms with Crippen LogP contribution in [0.5, 0.6) is 0 Å². The van der Waals surface area contributed by atoms with Gasteiger partial charge in [0.15, 0.2) is 0 Å². The lowest BCUT2D eigenvalue weighted by atomic mass is 10.1. The molecule has 166 valence electrons. The van der Waals surface area contributed by atoms with Gasteiger partial charge in [0.1, 0.15) is 0 Å². The molecule has 2 aromatic rings. The Labute approximate surface area is 192 Å². The van der Waals surface area contributed by atoms with Gasteiger partial charge >= 0.3 is 0 Å². The summed E-state index contributed by atoms with van der Waals surface area (Å²) in [7, 11) is 3.73. The molecule has 0 unspecified atom stereocenters. The molecule has 0 aromatic heterocycles. The van der Waals surface area contributed by atoms with Crippen molar-refractivity contribution in [2.45, 2.75) is 0 Å². The van der Waals surface area contributed by atoms with Crippen molar-refractivity contribution in [1.29, 1.82) is 0 Å². The fraction of sp³-hybridized carbons (Fsp3) is 0.364. The predicted molar refractivity (Wildman–Crippen MR) is 125 cm³/mol. The van der Waals surface area contributed by atoms with Crippen molar-refractivity contribution in [3.63, 3.8) is 0 Å². The number of carbonyl (C=O) groups is 2. The molecule has 0 saturated carbocycles. The first-order valence-corrected chi connectivity index (χ1v) is 10.8. The summed E-state index contributed by atoms with van der Waals surface area (Å²) in [6.07, 6.45) is 0. The molecule has 1 saturated heterocycles. The maximum atomic E-state index is 12.9. The van der Waals surface area contributed by atoms with Crippen LogP contribution in [0.25, 0.3) is 0 Å². The van der Waals surface area contributed by atoms with Crippen molar-refractivity contribution >= 4 is 46.4 Å². The number of halogens is 2. The first-order chi connectivity index (χ1) is 14.8. The van der Waals surface area contributed by atoms with Crippen LogP contribution in [0.2, 0.25) is 10.0 Å². The van der Waals surface area contributed by atoms with Crippen LogP contribution < -0.4 is 15.5 Å². The summed E-state index contributed by atoms with van der Waals surface area (Å²) in [5.41, 5.74) is 2.04. The molecule has 0 spiro atoms. The molecule has 1 heterocycles. The van der Waals surface area contributed by atoms with E-state index in [1.165, 1.54) is 6.07 Å². The van der Waals surface area contributed by atoms with E-state index in [1.54, 1.807) is 30.3 Å². The lowest BCUT2D eigenvalue weighted by Crippen LogP contribution is -2.41. The smallest absolute Gasteiger partial charge is 0.257 e. The van der Waals surface area contributed by atoms with Crippen molar-refractivity contribution in [3.05, 3.63) is 57.6 Å². The standard InChI is InChI=1S/C22H26Cl2N4O3/c1-27(2)20-6-4-16(26-22(30)17-5-3-15(23)13-19(17)24)14-18(20)21(29)25-7-8-28-9-11-31-12-10-28/h3-6,13-14H,7-12H2,1-2H3,(H,25,29)(H,26,30). The number of amides is 2. The van der Waals surface area contributed by atoms with E-state index in [2.05, 4.69) is 15.5 Å². The van der Waals surface area contributed by atoms with Gasteiger partial charge in [0.05, 0.1) is 29.4 Å². The topological polar surface area (TPSA) is 73.9 Å². The highest BCUT2D eigenvalue weighted by atomic mass is 35.5. The minimum atomic E-state index is -0.377. The number of ether oxygens (including phenoxy) is 1. The first kappa shape index (κ1) is 23.3. The molecular formula is C22H26Cl2N4O3. The fourth-order valence-corrected chi connectivity index (χ4v) is 3.80. The van der Waals surface area contributed by atoms with Gasteiger partial charge in [0.25, 0.3) is 11.8 Å². The van der Waals surface area contributed by atoms with Crippen LogP contribution >= 0.6 is 23.2 Å². The highest BCUT2D eigenvalue weighted by Gasteiger charge is 2.17. The largest absolute Gasteiger partial charge is 0.379 e. The maximum absolute atomic E-state index is 12.9. The minimum Gasteiger partial charge on any atom is -0.379 e. The summed E-state index contributed by atoms with van der Waals surface area (Å²) in [5, 5.41) is 6.49. The lowest BCUT2D eigenvalue weighted by molar-refractivity contribution is 0.0383. The molecule has 1 fully saturated rings. The summed E-state index contributed by atoms with van der Waals surface area (Å²) in [6, 6.07) is 9.90. The molecule has 2 amide bonds. The molecule has 0 radical (unpaired) electrons. The monoisotopic (exact) mass is 464 g/mol. The number of morpholine rings is 1. The number of nitrogens with zero attached hydrogens (tertiary/aromatic N) is 2. The van der Waals surface area contributed by atoms with Gasteiger partial charge in [-0.2, -0.15) is 0 Å². The highest BCUT2D eigenvalue weighted by Crippen LogP contribution is 2.25. The number of hydrogen-bond donors (Lipinski definition) is 2. The van der Waals surface area contributed by atoms with Gasteiger partial charge < -0.3 is 20.3 Å². The Kier molecular flexibility index (Phi) is 8.15. The Hall–Kier alpha value is -2.32. The fourth-order valence-electron chi connectivity index (χ4n) is 3.31. The second-order valence-corrected chi connectivity index (χ2v) is 8.26. The van der Waals surface area contributed by atoms with Crippen LogP contribution in [0.1, 0.15) is 20.7 Å². The molecule has 7 nitrogen and oxygen atoms in total. The third-order valence-corrected chi connectivity index (χ3v) is 5.52. The molecular weight excluding hydrogens is 439 g/mol. The zero-order valence-corrected chi connectivity index (χ0v) is 19.1. The number of hydrogen-bond acceptors (Lipinski definition) is 5. The van der Waals surface area contributed by atoms with E-state index in [9.17, 15) is 9.59 Å². The SMILES string of the molecule is CN(C)c1ccc(NC(=O)c2ccc(Cl)cc2Cl)cc1C(=O)NCCN1CCOCC1. The zero-order chi connectivity index (χ0) is 22.4. The summed E-state index contributed by atoms with van der Waals surface area (Å²) < 4.78 is 5.34. The molecule has 0 bridgehead atoms. The number of benzene rings is 2. The van der Waals surface area contributed by atoms with Crippen molar-refractivity contribution in [2.24, 2.45) is 0 Å². The maximum Gasteiger partial charge on any atom is 0.257 e. The van der Waals surface area contributed by atoms with Gasteiger partial charge in [-0.25, -0.2) is 0 Å². The van der Waals surface area contributed by atoms with Crippen LogP contribution in [0, 0.1) is 0 Å². The van der Waals surface area contributed by atoms with E-state index in [0.717, 1.165) is 38.5 Å².